The molecule has 6 nitrogen and oxygen atoms in total. The van der Waals surface area contributed by atoms with Crippen LogP contribution in [0.25, 0.3) is 0 Å². The van der Waals surface area contributed by atoms with Crippen molar-refractivity contribution in [3.8, 4) is 11.5 Å². The van der Waals surface area contributed by atoms with Gasteiger partial charge in [-0.25, -0.2) is 0 Å². The molecule has 2 aromatic rings. The number of nitrogens with one attached hydrogen (secondary N) is 2. The van der Waals surface area contributed by atoms with Gasteiger partial charge >= 0.3 is 0 Å². The lowest BCUT2D eigenvalue weighted by Gasteiger charge is -2.20. The van der Waals surface area contributed by atoms with Crippen LogP contribution >= 0.6 is 0 Å². The molecule has 0 aromatic heterocycles. The second-order valence-electron chi connectivity index (χ2n) is 6.33. The Hall–Kier alpha value is -2.89. The van der Waals surface area contributed by atoms with Gasteiger partial charge in [-0.3, -0.25) is 4.99 Å². The topological polar surface area (TPSA) is 69.1 Å². The van der Waals surface area contributed by atoms with E-state index in [0.29, 0.717) is 12.6 Å². The SMILES string of the molecule is CN=C(NCc1cc(OC)ccc1O)NC1CCN(c2ccccc2)C1. The Kier molecular flexibility index (Phi) is 5.84. The van der Waals surface area contributed by atoms with Gasteiger partial charge in [0, 0.05) is 44.0 Å². The minimum Gasteiger partial charge on any atom is -0.508 e. The molecule has 1 atom stereocenters. The van der Waals surface area contributed by atoms with Gasteiger partial charge in [0.1, 0.15) is 11.5 Å². The quantitative estimate of drug-likeness (QED) is 0.568. The summed E-state index contributed by atoms with van der Waals surface area (Å²) >= 11 is 0. The molecule has 138 valence electrons. The van der Waals surface area contributed by atoms with E-state index in [1.807, 2.05) is 12.1 Å². The molecule has 1 aliphatic heterocycles. The van der Waals surface area contributed by atoms with Gasteiger partial charge < -0.3 is 25.4 Å². The van der Waals surface area contributed by atoms with Crippen LogP contribution < -0.4 is 20.3 Å². The molecular formula is C20H26N4O2. The van der Waals surface area contributed by atoms with E-state index in [9.17, 15) is 5.11 Å². The highest BCUT2D eigenvalue weighted by molar-refractivity contribution is 5.80. The highest BCUT2D eigenvalue weighted by Crippen LogP contribution is 2.23. The van der Waals surface area contributed by atoms with Crippen molar-refractivity contribution >= 4 is 11.6 Å². The van der Waals surface area contributed by atoms with E-state index in [-0.39, 0.29) is 5.75 Å². The maximum Gasteiger partial charge on any atom is 0.191 e. The number of aliphatic imine (C=N–C) groups is 1. The minimum atomic E-state index is 0.241. The van der Waals surface area contributed by atoms with Crippen molar-refractivity contribution in [2.75, 3.05) is 32.1 Å². The fourth-order valence-corrected chi connectivity index (χ4v) is 3.15. The summed E-state index contributed by atoms with van der Waals surface area (Å²) in [5, 5.41) is 16.7. The first-order chi connectivity index (χ1) is 12.7. The third-order valence-electron chi connectivity index (χ3n) is 4.61. The zero-order chi connectivity index (χ0) is 18.4. The summed E-state index contributed by atoms with van der Waals surface area (Å²) in [4.78, 5) is 6.67. The molecule has 3 rings (SSSR count). The minimum absolute atomic E-state index is 0.241. The number of rotatable bonds is 5. The Morgan fingerprint density at radius 1 is 1.27 bits per heavy atom. The summed E-state index contributed by atoms with van der Waals surface area (Å²) in [7, 11) is 3.37. The number of para-hydroxylation sites is 1. The number of nitrogens with zero attached hydrogens (tertiary/aromatic N) is 2. The molecule has 0 radical (unpaired) electrons. The maximum absolute atomic E-state index is 10.00. The summed E-state index contributed by atoms with van der Waals surface area (Å²) in [6.07, 6.45) is 1.06. The van der Waals surface area contributed by atoms with Gasteiger partial charge in [0.15, 0.2) is 5.96 Å². The zero-order valence-corrected chi connectivity index (χ0v) is 15.3. The number of hydrogen-bond donors (Lipinski definition) is 3. The first kappa shape index (κ1) is 17.9. The molecule has 0 saturated carbocycles. The predicted molar refractivity (Wildman–Crippen MR) is 105 cm³/mol. The van der Waals surface area contributed by atoms with Crippen molar-refractivity contribution in [2.45, 2.75) is 19.0 Å². The van der Waals surface area contributed by atoms with Gasteiger partial charge in [0.25, 0.3) is 0 Å². The maximum atomic E-state index is 10.00. The van der Waals surface area contributed by atoms with Crippen LogP contribution in [0.4, 0.5) is 5.69 Å². The van der Waals surface area contributed by atoms with Crippen LogP contribution in [0.5, 0.6) is 11.5 Å². The largest absolute Gasteiger partial charge is 0.508 e. The van der Waals surface area contributed by atoms with E-state index in [4.69, 9.17) is 4.74 Å². The number of aromatic hydroxyl groups is 1. The number of benzene rings is 2. The van der Waals surface area contributed by atoms with E-state index in [0.717, 1.165) is 36.8 Å². The first-order valence-corrected chi connectivity index (χ1v) is 8.82. The second kappa shape index (κ2) is 8.47. The Bertz CT molecular complexity index is 749. The van der Waals surface area contributed by atoms with Crippen LogP contribution in [-0.2, 0) is 6.54 Å². The molecule has 0 aliphatic carbocycles. The van der Waals surface area contributed by atoms with Crippen LogP contribution in [0.1, 0.15) is 12.0 Å². The summed E-state index contributed by atoms with van der Waals surface area (Å²) in [6, 6.07) is 16.0. The molecule has 1 aliphatic rings. The van der Waals surface area contributed by atoms with Gasteiger partial charge in [-0.2, -0.15) is 0 Å². The fraction of sp³-hybridized carbons (Fsp3) is 0.350. The molecule has 2 aromatic carbocycles. The zero-order valence-electron chi connectivity index (χ0n) is 15.3. The van der Waals surface area contributed by atoms with Crippen LogP contribution in [0, 0.1) is 0 Å². The van der Waals surface area contributed by atoms with Crippen LogP contribution in [0.2, 0.25) is 0 Å². The molecule has 26 heavy (non-hydrogen) atoms. The van der Waals surface area contributed by atoms with Gasteiger partial charge in [0.2, 0.25) is 0 Å². The highest BCUT2D eigenvalue weighted by Gasteiger charge is 2.23. The lowest BCUT2D eigenvalue weighted by Crippen LogP contribution is -2.44. The number of ether oxygens (including phenoxy) is 1. The Labute approximate surface area is 154 Å². The number of guanidine groups is 1. The number of phenolic OH excluding ortho intramolecular Hbond substituents is 1. The molecule has 0 amide bonds. The number of methoxy groups -OCH3 is 1. The van der Waals surface area contributed by atoms with Crippen molar-refractivity contribution in [3.63, 3.8) is 0 Å². The molecule has 0 bridgehead atoms. The molecule has 1 saturated heterocycles. The van der Waals surface area contributed by atoms with Gasteiger partial charge in [-0.05, 0) is 36.8 Å². The van der Waals surface area contributed by atoms with Crippen molar-refractivity contribution in [3.05, 3.63) is 54.1 Å². The number of phenols is 1. The first-order valence-electron chi connectivity index (χ1n) is 8.82. The molecule has 1 unspecified atom stereocenters. The van der Waals surface area contributed by atoms with Crippen molar-refractivity contribution < 1.29 is 9.84 Å². The summed E-state index contributed by atoms with van der Waals surface area (Å²) in [5.41, 5.74) is 2.02. The molecule has 6 heteroatoms. The lowest BCUT2D eigenvalue weighted by atomic mass is 10.2. The lowest BCUT2D eigenvalue weighted by molar-refractivity contribution is 0.410. The van der Waals surface area contributed by atoms with E-state index < -0.39 is 0 Å². The molecule has 3 N–H and O–H groups in total. The Morgan fingerprint density at radius 2 is 2.08 bits per heavy atom. The summed E-state index contributed by atoms with van der Waals surface area (Å²) < 4.78 is 5.21. The summed E-state index contributed by atoms with van der Waals surface area (Å²) in [6.45, 7) is 2.43. The monoisotopic (exact) mass is 354 g/mol. The second-order valence-corrected chi connectivity index (χ2v) is 6.33. The normalized spacial score (nSPS) is 17.2. The van der Waals surface area contributed by atoms with E-state index >= 15 is 0 Å². The van der Waals surface area contributed by atoms with Crippen molar-refractivity contribution in [2.24, 2.45) is 4.99 Å². The standard InChI is InChI=1S/C20H26N4O2/c1-21-20(22-13-15-12-18(26-2)8-9-19(15)25)23-16-10-11-24(14-16)17-6-4-3-5-7-17/h3-9,12,16,25H,10-11,13-14H2,1-2H3,(H2,21,22,23). The summed E-state index contributed by atoms with van der Waals surface area (Å²) in [5.74, 6) is 1.69. The third kappa shape index (κ3) is 4.39. The van der Waals surface area contributed by atoms with E-state index in [1.165, 1.54) is 5.69 Å². The Balaban J connectivity index is 1.54. The molecule has 1 fully saturated rings. The van der Waals surface area contributed by atoms with Crippen molar-refractivity contribution in [1.29, 1.82) is 0 Å². The predicted octanol–water partition coefficient (Wildman–Crippen LogP) is 2.34. The van der Waals surface area contributed by atoms with E-state index in [1.54, 1.807) is 26.3 Å². The molecule has 0 spiro atoms. The number of hydrogen-bond acceptors (Lipinski definition) is 4. The third-order valence-corrected chi connectivity index (χ3v) is 4.61. The van der Waals surface area contributed by atoms with Crippen LogP contribution in [0.3, 0.4) is 0 Å². The van der Waals surface area contributed by atoms with Crippen LogP contribution in [0.15, 0.2) is 53.5 Å². The highest BCUT2D eigenvalue weighted by atomic mass is 16.5. The molecule has 1 heterocycles. The smallest absolute Gasteiger partial charge is 0.191 e. The number of anilines is 1. The van der Waals surface area contributed by atoms with Gasteiger partial charge in [-0.15, -0.1) is 0 Å². The average Bonchev–Trinajstić information content (AvgIpc) is 3.15. The van der Waals surface area contributed by atoms with E-state index in [2.05, 4.69) is 44.8 Å². The molecular weight excluding hydrogens is 328 g/mol. The van der Waals surface area contributed by atoms with Crippen LogP contribution in [-0.4, -0.2) is 44.4 Å². The van der Waals surface area contributed by atoms with Crippen molar-refractivity contribution in [1.82, 2.24) is 10.6 Å². The fourth-order valence-electron chi connectivity index (χ4n) is 3.15. The van der Waals surface area contributed by atoms with Gasteiger partial charge in [-0.1, -0.05) is 18.2 Å². The van der Waals surface area contributed by atoms with Gasteiger partial charge in [0.05, 0.1) is 7.11 Å². The Morgan fingerprint density at radius 3 is 2.81 bits per heavy atom. The average molecular weight is 354 g/mol.